The number of terminal acetylenes is 2. The summed E-state index contributed by atoms with van der Waals surface area (Å²) in [6.07, 6.45) is 17.7. The third kappa shape index (κ3) is 12.4. The van der Waals surface area contributed by atoms with E-state index in [4.69, 9.17) is 27.4 Å². The monoisotopic (exact) mass is 538 g/mol. The maximum Gasteiger partial charge on any atom is 0.508 e. The highest BCUT2D eigenvalue weighted by Crippen LogP contribution is 2.39. The van der Waals surface area contributed by atoms with Gasteiger partial charge in [0, 0.05) is 25.2 Å². The molecule has 7 nitrogen and oxygen atoms in total. The number of aliphatic carboxylic acids is 1. The molecule has 212 valence electrons. The third-order valence-electron chi connectivity index (χ3n) is 7.29. The number of aryl methyl sites for hydroxylation is 1. The molecule has 1 aliphatic rings. The number of hydrogen-bond acceptors (Lipinski definition) is 6. The molecule has 0 saturated heterocycles. The van der Waals surface area contributed by atoms with Gasteiger partial charge in [-0.15, -0.1) is 24.7 Å². The van der Waals surface area contributed by atoms with Crippen molar-refractivity contribution in [3.05, 3.63) is 48.0 Å². The lowest BCUT2D eigenvalue weighted by atomic mass is 9.85. The van der Waals surface area contributed by atoms with Crippen LogP contribution < -0.4 is 0 Å². The summed E-state index contributed by atoms with van der Waals surface area (Å²) in [6.45, 7) is 0.0903. The molecule has 1 aromatic rings. The molecule has 1 saturated carbocycles. The van der Waals surface area contributed by atoms with Crippen molar-refractivity contribution in [1.82, 2.24) is 0 Å². The summed E-state index contributed by atoms with van der Waals surface area (Å²) >= 11 is 0. The fourth-order valence-electron chi connectivity index (χ4n) is 5.14. The topological polar surface area (TPSA) is 113 Å². The van der Waals surface area contributed by atoms with E-state index in [1.165, 1.54) is 0 Å². The van der Waals surface area contributed by atoms with Crippen LogP contribution >= 0.6 is 0 Å². The van der Waals surface area contributed by atoms with Gasteiger partial charge in [0.05, 0.1) is 18.8 Å². The first-order chi connectivity index (χ1) is 18.8. The summed E-state index contributed by atoms with van der Waals surface area (Å²) in [5.74, 6) is 3.90. The number of allylic oxidation sites excluding steroid dienone is 2. The van der Waals surface area contributed by atoms with E-state index < -0.39 is 30.4 Å². The Hall–Kier alpha value is -3.26. The van der Waals surface area contributed by atoms with Gasteiger partial charge in [-0.1, -0.05) is 42.5 Å². The quantitative estimate of drug-likeness (QED) is 0.109. The van der Waals surface area contributed by atoms with Crippen molar-refractivity contribution in [2.75, 3.05) is 6.61 Å². The number of aliphatic hydroxyl groups is 2. The number of unbranched alkanes of at least 4 members (excludes halogenated alkanes) is 1. The Morgan fingerprint density at radius 3 is 2.38 bits per heavy atom. The Balaban J connectivity index is 1.97. The zero-order valence-corrected chi connectivity index (χ0v) is 22.6. The number of carbonyl (C=O) groups is 2. The highest BCUT2D eigenvalue weighted by atomic mass is 16.7. The average molecular weight is 539 g/mol. The summed E-state index contributed by atoms with van der Waals surface area (Å²) < 4.78 is 11.0. The fraction of sp³-hybridized carbons (Fsp3) is 0.562. The van der Waals surface area contributed by atoms with E-state index >= 15 is 0 Å². The number of benzene rings is 1. The first-order valence-corrected chi connectivity index (χ1v) is 13.8. The van der Waals surface area contributed by atoms with Crippen LogP contribution in [0.3, 0.4) is 0 Å². The fourth-order valence-corrected chi connectivity index (χ4v) is 5.14. The largest absolute Gasteiger partial charge is 0.508 e. The maximum atomic E-state index is 12.5. The van der Waals surface area contributed by atoms with Gasteiger partial charge < -0.3 is 24.8 Å². The van der Waals surface area contributed by atoms with Crippen molar-refractivity contribution in [3.63, 3.8) is 0 Å². The van der Waals surface area contributed by atoms with Gasteiger partial charge >= 0.3 is 12.1 Å². The van der Waals surface area contributed by atoms with Crippen molar-refractivity contribution >= 4 is 12.1 Å². The Morgan fingerprint density at radius 2 is 1.72 bits per heavy atom. The molecule has 0 radical (unpaired) electrons. The minimum absolute atomic E-state index is 0.0903. The Labute approximate surface area is 232 Å². The molecular weight excluding hydrogens is 496 g/mol. The van der Waals surface area contributed by atoms with Crippen LogP contribution in [0.5, 0.6) is 0 Å². The molecule has 0 bridgehead atoms. The van der Waals surface area contributed by atoms with Crippen LogP contribution in [0, 0.1) is 42.4 Å². The highest BCUT2D eigenvalue weighted by Gasteiger charge is 2.40. The lowest BCUT2D eigenvalue weighted by Gasteiger charge is -2.25. The number of carboxylic acid groups (broad SMARTS) is 1. The summed E-state index contributed by atoms with van der Waals surface area (Å²) in [6, 6.07) is 9.93. The van der Waals surface area contributed by atoms with E-state index in [1.807, 2.05) is 42.5 Å². The first kappa shape index (κ1) is 32.0. The predicted molar refractivity (Wildman–Crippen MR) is 149 cm³/mol. The lowest BCUT2D eigenvalue weighted by molar-refractivity contribution is -0.137. The minimum atomic E-state index is -0.814. The zero-order chi connectivity index (χ0) is 28.5. The van der Waals surface area contributed by atoms with E-state index in [-0.39, 0.29) is 30.8 Å². The van der Waals surface area contributed by atoms with Crippen LogP contribution in [0.15, 0.2) is 42.5 Å². The second-order valence-corrected chi connectivity index (χ2v) is 10.3. The molecule has 0 spiro atoms. The van der Waals surface area contributed by atoms with Crippen LogP contribution in [0.25, 0.3) is 0 Å². The Bertz CT molecular complexity index is 958. The van der Waals surface area contributed by atoms with Crippen molar-refractivity contribution in [2.24, 2.45) is 17.8 Å². The van der Waals surface area contributed by atoms with Crippen LogP contribution in [0.2, 0.25) is 0 Å². The van der Waals surface area contributed by atoms with Crippen molar-refractivity contribution in [1.29, 1.82) is 0 Å². The van der Waals surface area contributed by atoms with Crippen LogP contribution in [-0.4, -0.2) is 52.4 Å². The van der Waals surface area contributed by atoms with Crippen molar-refractivity contribution < 1.29 is 34.4 Å². The number of ether oxygens (including phenoxy) is 2. The van der Waals surface area contributed by atoms with Gasteiger partial charge in [-0.3, -0.25) is 4.79 Å². The number of carboxylic acids is 1. The van der Waals surface area contributed by atoms with Gasteiger partial charge in [-0.2, -0.15) is 0 Å². The molecule has 0 aliphatic heterocycles. The number of hydrogen-bond donors (Lipinski definition) is 3. The molecule has 1 aromatic carbocycles. The van der Waals surface area contributed by atoms with E-state index in [9.17, 15) is 19.8 Å². The van der Waals surface area contributed by atoms with Gasteiger partial charge in [0.15, 0.2) is 0 Å². The van der Waals surface area contributed by atoms with Crippen molar-refractivity contribution in [2.45, 2.75) is 88.9 Å². The Morgan fingerprint density at radius 1 is 1.03 bits per heavy atom. The molecule has 7 heteroatoms. The molecule has 1 fully saturated rings. The maximum absolute atomic E-state index is 12.5. The molecule has 39 heavy (non-hydrogen) atoms. The van der Waals surface area contributed by atoms with Gasteiger partial charge in [-0.25, -0.2) is 4.79 Å². The lowest BCUT2D eigenvalue weighted by Crippen LogP contribution is -2.26. The second-order valence-electron chi connectivity index (χ2n) is 10.3. The molecule has 2 rings (SSSR count). The van der Waals surface area contributed by atoms with Gasteiger partial charge in [-0.05, 0) is 68.8 Å². The summed E-state index contributed by atoms with van der Waals surface area (Å²) in [7, 11) is 0. The highest BCUT2D eigenvalue weighted by molar-refractivity contribution is 5.66. The molecule has 3 N–H and O–H groups in total. The van der Waals surface area contributed by atoms with Gasteiger partial charge in [0.25, 0.3) is 0 Å². The van der Waals surface area contributed by atoms with E-state index in [2.05, 4.69) is 11.8 Å². The molecule has 0 heterocycles. The SMILES string of the molecule is C#CCC(CC#C)COC(=O)O[C@@H](CCc1ccccc1)CC[C@@H]1[C@@H](CC=CCCCC(=O)O)[C@@H](O)C[C@H]1O. The third-order valence-corrected chi connectivity index (χ3v) is 7.29. The first-order valence-electron chi connectivity index (χ1n) is 13.8. The van der Waals surface area contributed by atoms with Crippen molar-refractivity contribution in [3.8, 4) is 24.7 Å². The molecule has 0 aromatic heterocycles. The standard InChI is InChI=1S/C32H42O7/c1-3-12-25(13-4-2)23-38-32(37)39-26(19-18-24-14-8-7-9-15-24)20-21-28-27(29(33)22-30(28)34)16-10-5-6-11-17-31(35)36/h1-2,5,7-10,14-15,25-30,33-34H,6,11-13,16-23H2,(H,35,36)/t26-,27+,28+,29-,30+/m0/s1. The molecular formula is C32H42O7. The molecule has 5 atom stereocenters. The predicted octanol–water partition coefficient (Wildman–Crippen LogP) is 5.14. The molecule has 0 amide bonds. The van der Waals surface area contributed by atoms with E-state index in [0.29, 0.717) is 64.2 Å². The van der Waals surface area contributed by atoms with Crippen LogP contribution in [-0.2, 0) is 20.7 Å². The smallest absolute Gasteiger partial charge is 0.481 e. The van der Waals surface area contributed by atoms with E-state index in [0.717, 1.165) is 5.56 Å². The molecule has 1 aliphatic carbocycles. The summed E-state index contributed by atoms with van der Waals surface area (Å²) in [5, 5.41) is 30.0. The van der Waals surface area contributed by atoms with Crippen LogP contribution in [0.4, 0.5) is 4.79 Å². The Kier molecular flexibility index (Phi) is 14.8. The summed E-state index contributed by atoms with van der Waals surface area (Å²) in [4.78, 5) is 23.2. The minimum Gasteiger partial charge on any atom is -0.481 e. The average Bonchev–Trinajstić information content (AvgIpc) is 3.18. The zero-order valence-electron chi connectivity index (χ0n) is 22.6. The van der Waals surface area contributed by atoms with E-state index in [1.54, 1.807) is 0 Å². The summed E-state index contributed by atoms with van der Waals surface area (Å²) in [5.41, 5.74) is 1.13. The van der Waals surface area contributed by atoms with Crippen LogP contribution in [0.1, 0.15) is 69.8 Å². The number of aliphatic hydroxyl groups excluding tert-OH is 2. The second kappa shape index (κ2) is 18.1. The van der Waals surface area contributed by atoms with Gasteiger partial charge in [0.2, 0.25) is 0 Å². The van der Waals surface area contributed by atoms with Gasteiger partial charge in [0.1, 0.15) is 6.10 Å². The number of carbonyl (C=O) groups excluding carboxylic acids is 1. The molecule has 0 unspecified atom stereocenters. The normalized spacial score (nSPS) is 21.4. The number of rotatable bonds is 17.